The van der Waals surface area contributed by atoms with Gasteiger partial charge in [0, 0.05) is 24.7 Å². The molecule has 1 amide bonds. The molecule has 0 saturated carbocycles. The zero-order valence-corrected chi connectivity index (χ0v) is 19.2. The van der Waals surface area contributed by atoms with E-state index in [1.807, 2.05) is 6.92 Å². The number of nitrogens with one attached hydrogen (secondary N) is 1. The Morgan fingerprint density at radius 3 is 2.66 bits per heavy atom. The largest absolute Gasteiger partial charge is 0.480 e. The number of alkyl halides is 3. The third-order valence-corrected chi connectivity index (χ3v) is 5.90. The average molecular weight is 492 g/mol. The molecule has 0 radical (unpaired) electrons. The van der Waals surface area contributed by atoms with E-state index in [1.54, 1.807) is 24.3 Å². The number of para-hydroxylation sites is 1. The van der Waals surface area contributed by atoms with Gasteiger partial charge in [-0.3, -0.25) is 9.36 Å². The molecule has 35 heavy (non-hydrogen) atoms. The molecule has 0 bridgehead atoms. The average Bonchev–Trinajstić information content (AvgIpc) is 3.16. The Balaban J connectivity index is 1.79. The minimum absolute atomic E-state index is 0.396. The Kier molecular flexibility index (Phi) is 6.68. The normalized spacial score (nSPS) is 14.3. The highest BCUT2D eigenvalue weighted by Gasteiger charge is 2.39. The molecule has 0 saturated heterocycles. The summed E-state index contributed by atoms with van der Waals surface area (Å²) in [6.45, 7) is 3.07. The molecule has 11 heteroatoms. The third-order valence-electron chi connectivity index (χ3n) is 5.90. The van der Waals surface area contributed by atoms with Gasteiger partial charge in [0.05, 0.1) is 5.56 Å². The highest BCUT2D eigenvalue weighted by Crippen LogP contribution is 2.31. The van der Waals surface area contributed by atoms with Gasteiger partial charge in [0.1, 0.15) is 23.1 Å². The van der Waals surface area contributed by atoms with Crippen LogP contribution in [-0.2, 0) is 19.4 Å². The minimum atomic E-state index is -4.73. The van der Waals surface area contributed by atoms with E-state index >= 15 is 4.39 Å². The van der Waals surface area contributed by atoms with Crippen LogP contribution in [0.4, 0.5) is 23.2 Å². The van der Waals surface area contributed by atoms with Crippen molar-refractivity contribution in [1.29, 1.82) is 0 Å². The molecule has 1 aliphatic rings. The molecule has 186 valence electrons. The van der Waals surface area contributed by atoms with Gasteiger partial charge in [-0.05, 0) is 43.9 Å². The SMILES string of the molecule is CCc1ccccc1NC(=O)c1cc(F)c(-n2nc3n(c2=O)CCCC3)cc1O[C@@H](C)C(F)(F)F. The molecule has 1 N–H and O–H groups in total. The van der Waals surface area contributed by atoms with Crippen LogP contribution < -0.4 is 15.7 Å². The summed E-state index contributed by atoms with van der Waals surface area (Å²) >= 11 is 0. The van der Waals surface area contributed by atoms with Gasteiger partial charge >= 0.3 is 11.9 Å². The van der Waals surface area contributed by atoms with E-state index in [9.17, 15) is 22.8 Å². The van der Waals surface area contributed by atoms with Crippen molar-refractivity contribution in [2.24, 2.45) is 0 Å². The van der Waals surface area contributed by atoms with E-state index in [0.29, 0.717) is 30.9 Å². The quantitative estimate of drug-likeness (QED) is 0.508. The Morgan fingerprint density at radius 1 is 1.23 bits per heavy atom. The first-order chi connectivity index (χ1) is 16.6. The van der Waals surface area contributed by atoms with Crippen LogP contribution in [0.1, 0.15) is 48.4 Å². The molecule has 0 unspecified atom stereocenters. The number of ether oxygens (including phenoxy) is 1. The topological polar surface area (TPSA) is 78.2 Å². The van der Waals surface area contributed by atoms with Gasteiger partial charge in [-0.15, -0.1) is 5.10 Å². The molecular weight excluding hydrogens is 468 g/mol. The summed E-state index contributed by atoms with van der Waals surface area (Å²) in [7, 11) is 0. The number of halogens is 4. The molecule has 7 nitrogen and oxygen atoms in total. The fourth-order valence-corrected chi connectivity index (χ4v) is 3.93. The van der Waals surface area contributed by atoms with Crippen molar-refractivity contribution < 1.29 is 27.1 Å². The van der Waals surface area contributed by atoms with Crippen LogP contribution in [0.15, 0.2) is 41.2 Å². The van der Waals surface area contributed by atoms with Gasteiger partial charge in [0.15, 0.2) is 6.10 Å². The van der Waals surface area contributed by atoms with Crippen molar-refractivity contribution in [2.45, 2.75) is 58.4 Å². The van der Waals surface area contributed by atoms with E-state index in [4.69, 9.17) is 4.74 Å². The number of amides is 1. The second kappa shape index (κ2) is 9.55. The van der Waals surface area contributed by atoms with Crippen LogP contribution in [0.3, 0.4) is 0 Å². The summed E-state index contributed by atoms with van der Waals surface area (Å²) in [6.07, 6.45) is -4.34. The van der Waals surface area contributed by atoms with Crippen molar-refractivity contribution in [3.8, 4) is 11.4 Å². The number of hydrogen-bond donors (Lipinski definition) is 1. The van der Waals surface area contributed by atoms with Crippen molar-refractivity contribution >= 4 is 11.6 Å². The number of aromatic nitrogens is 3. The van der Waals surface area contributed by atoms with E-state index in [2.05, 4.69) is 10.4 Å². The fourth-order valence-electron chi connectivity index (χ4n) is 3.93. The number of carbonyl (C=O) groups excluding carboxylic acids is 1. The number of aryl methyl sites for hydroxylation is 2. The van der Waals surface area contributed by atoms with Crippen LogP contribution >= 0.6 is 0 Å². The van der Waals surface area contributed by atoms with Gasteiger partial charge in [0.2, 0.25) is 0 Å². The predicted molar refractivity (Wildman–Crippen MR) is 121 cm³/mol. The molecule has 4 rings (SSSR count). The highest BCUT2D eigenvalue weighted by molar-refractivity contribution is 6.06. The summed E-state index contributed by atoms with van der Waals surface area (Å²) in [5.74, 6) is -1.90. The van der Waals surface area contributed by atoms with Crippen molar-refractivity contribution in [3.63, 3.8) is 0 Å². The summed E-state index contributed by atoms with van der Waals surface area (Å²) in [5.41, 5.74) is -0.212. The molecule has 3 aromatic rings. The monoisotopic (exact) mass is 492 g/mol. The Bertz CT molecular complexity index is 1310. The van der Waals surface area contributed by atoms with Crippen LogP contribution in [0.2, 0.25) is 0 Å². The lowest BCUT2D eigenvalue weighted by atomic mass is 10.1. The number of benzene rings is 2. The molecule has 1 aromatic heterocycles. The zero-order chi connectivity index (χ0) is 25.3. The molecule has 2 heterocycles. The first-order valence-corrected chi connectivity index (χ1v) is 11.3. The molecule has 0 aliphatic carbocycles. The van der Waals surface area contributed by atoms with Gasteiger partial charge < -0.3 is 10.1 Å². The third kappa shape index (κ3) is 4.94. The first kappa shape index (κ1) is 24.5. The van der Waals surface area contributed by atoms with Crippen LogP contribution in [-0.4, -0.2) is 32.5 Å². The molecule has 1 aliphatic heterocycles. The standard InChI is InChI=1S/C24H24F4N4O3/c1-3-15-8-4-5-9-18(15)29-22(33)16-12-17(25)19(13-20(16)35-14(2)24(26,27)28)32-23(34)31-11-7-6-10-21(31)30-32/h4-5,8-9,12-14H,3,6-7,10-11H2,1-2H3,(H,29,33)/t14-/m0/s1. The van der Waals surface area contributed by atoms with E-state index in [-0.39, 0.29) is 0 Å². The Hall–Kier alpha value is -3.63. The number of anilines is 1. The summed E-state index contributed by atoms with van der Waals surface area (Å²) < 4.78 is 62.3. The molecule has 0 fully saturated rings. The van der Waals surface area contributed by atoms with Crippen LogP contribution in [0.5, 0.6) is 5.75 Å². The first-order valence-electron chi connectivity index (χ1n) is 11.3. The van der Waals surface area contributed by atoms with E-state index in [0.717, 1.165) is 42.1 Å². The van der Waals surface area contributed by atoms with Gasteiger partial charge in [-0.2, -0.15) is 17.9 Å². The molecular formula is C24H24F4N4O3. The van der Waals surface area contributed by atoms with Crippen LogP contribution in [0, 0.1) is 5.82 Å². The van der Waals surface area contributed by atoms with Crippen molar-refractivity contribution in [3.05, 3.63) is 69.7 Å². The maximum atomic E-state index is 15.2. The van der Waals surface area contributed by atoms with E-state index < -0.39 is 46.7 Å². The fraction of sp³-hybridized carbons (Fsp3) is 0.375. The maximum absolute atomic E-state index is 15.2. The highest BCUT2D eigenvalue weighted by atomic mass is 19.4. The Morgan fingerprint density at radius 2 is 1.97 bits per heavy atom. The second-order valence-corrected chi connectivity index (χ2v) is 8.29. The lowest BCUT2D eigenvalue weighted by Gasteiger charge is -2.20. The number of carbonyl (C=O) groups is 1. The maximum Gasteiger partial charge on any atom is 0.425 e. The number of hydrogen-bond acceptors (Lipinski definition) is 4. The number of rotatable bonds is 6. The molecule has 1 atom stereocenters. The summed E-state index contributed by atoms with van der Waals surface area (Å²) in [4.78, 5) is 25.8. The second-order valence-electron chi connectivity index (χ2n) is 8.29. The van der Waals surface area contributed by atoms with Crippen LogP contribution in [0.25, 0.3) is 5.69 Å². The smallest absolute Gasteiger partial charge is 0.425 e. The van der Waals surface area contributed by atoms with E-state index in [1.165, 1.54) is 4.57 Å². The van der Waals surface area contributed by atoms with Gasteiger partial charge in [-0.25, -0.2) is 9.18 Å². The molecule has 0 spiro atoms. The van der Waals surface area contributed by atoms with Crippen molar-refractivity contribution in [2.75, 3.05) is 5.32 Å². The van der Waals surface area contributed by atoms with Crippen molar-refractivity contribution in [1.82, 2.24) is 14.3 Å². The Labute approximate surface area is 198 Å². The lowest BCUT2D eigenvalue weighted by Crippen LogP contribution is -2.32. The number of nitrogens with zero attached hydrogens (tertiary/aromatic N) is 3. The summed E-state index contributed by atoms with van der Waals surface area (Å²) in [5, 5.41) is 6.78. The predicted octanol–water partition coefficient (Wildman–Crippen LogP) is 4.65. The van der Waals surface area contributed by atoms with Gasteiger partial charge in [0.25, 0.3) is 5.91 Å². The minimum Gasteiger partial charge on any atom is -0.480 e. The molecule has 2 aromatic carbocycles. The summed E-state index contributed by atoms with van der Waals surface area (Å²) in [6, 6.07) is 8.57. The lowest BCUT2D eigenvalue weighted by molar-refractivity contribution is -0.189. The van der Waals surface area contributed by atoms with Gasteiger partial charge in [-0.1, -0.05) is 25.1 Å². The zero-order valence-electron chi connectivity index (χ0n) is 19.2. The number of fused-ring (bicyclic) bond motifs is 1.